The molecule has 0 aliphatic carbocycles. The molecule has 0 fully saturated rings. The van der Waals surface area contributed by atoms with Crippen molar-refractivity contribution in [3.8, 4) is 5.75 Å². The number of para-hydroxylation sites is 1. The van der Waals surface area contributed by atoms with Crippen LogP contribution in [-0.2, 0) is 4.74 Å². The van der Waals surface area contributed by atoms with Gasteiger partial charge in [0.25, 0.3) is 0 Å². The highest BCUT2D eigenvalue weighted by Gasteiger charge is 2.11. The molecule has 0 aliphatic rings. The number of ether oxygens (including phenoxy) is 1. The summed E-state index contributed by atoms with van der Waals surface area (Å²) < 4.78 is 5.63. The Bertz CT molecular complexity index is 377. The first-order valence-electron chi connectivity index (χ1n) is 6.64. The zero-order valence-corrected chi connectivity index (χ0v) is 12.0. The van der Waals surface area contributed by atoms with Crippen LogP contribution in [0.3, 0.4) is 0 Å². The van der Waals surface area contributed by atoms with Crippen LogP contribution in [0.15, 0.2) is 24.3 Å². The van der Waals surface area contributed by atoms with Crippen molar-refractivity contribution in [3.05, 3.63) is 29.8 Å². The van der Waals surface area contributed by atoms with Crippen molar-refractivity contribution >= 4 is 17.3 Å². The Kier molecular flexibility index (Phi) is 6.73. The molecule has 1 unspecified atom stereocenters. The second-order valence-electron chi connectivity index (χ2n) is 4.53. The van der Waals surface area contributed by atoms with Crippen molar-refractivity contribution in [1.29, 1.82) is 0 Å². The number of thiocarbonyl (C=S) groups is 1. The average Bonchev–Trinajstić information content (AvgIpc) is 2.39. The minimum atomic E-state index is 0.184. The summed E-state index contributed by atoms with van der Waals surface area (Å²) in [4.78, 5) is 0. The van der Waals surface area contributed by atoms with E-state index >= 15 is 0 Å². The molecule has 0 saturated carbocycles. The summed E-state index contributed by atoms with van der Waals surface area (Å²) in [6.07, 6.45) is 4.71. The molecular weight excluding hydrogens is 244 g/mol. The van der Waals surface area contributed by atoms with Crippen molar-refractivity contribution in [1.82, 2.24) is 0 Å². The normalized spacial score (nSPS) is 12.1. The largest absolute Gasteiger partial charge is 0.507 e. The highest BCUT2D eigenvalue weighted by molar-refractivity contribution is 7.80. The number of aromatic hydroxyl groups is 1. The first kappa shape index (κ1) is 15.0. The summed E-state index contributed by atoms with van der Waals surface area (Å²) in [7, 11) is 0. The van der Waals surface area contributed by atoms with E-state index in [1.165, 1.54) is 19.3 Å². The van der Waals surface area contributed by atoms with Gasteiger partial charge in [0.15, 0.2) is 5.05 Å². The predicted octanol–water partition coefficient (Wildman–Crippen LogP) is 4.30. The van der Waals surface area contributed by atoms with Gasteiger partial charge in [-0.05, 0) is 36.7 Å². The number of phenolic OH excluding ortho intramolecular Hbond substituents is 1. The Hall–Kier alpha value is -1.09. The van der Waals surface area contributed by atoms with Crippen molar-refractivity contribution in [3.63, 3.8) is 0 Å². The molecule has 18 heavy (non-hydrogen) atoms. The van der Waals surface area contributed by atoms with Gasteiger partial charge >= 0.3 is 0 Å². The van der Waals surface area contributed by atoms with Crippen LogP contribution < -0.4 is 0 Å². The second-order valence-corrected chi connectivity index (χ2v) is 4.90. The molecule has 0 aliphatic heterocycles. The summed E-state index contributed by atoms with van der Waals surface area (Å²) in [5.41, 5.74) is 0.609. The molecule has 1 rings (SSSR count). The van der Waals surface area contributed by atoms with E-state index in [-0.39, 0.29) is 5.75 Å². The third kappa shape index (κ3) is 4.65. The lowest BCUT2D eigenvalue weighted by atomic mass is 10.0. The maximum absolute atomic E-state index is 9.68. The van der Waals surface area contributed by atoms with Crippen LogP contribution in [0, 0.1) is 5.92 Å². The molecule has 0 aromatic heterocycles. The van der Waals surface area contributed by atoms with Gasteiger partial charge in [0, 0.05) is 0 Å². The number of unbranched alkanes of at least 4 members (excludes halogenated alkanes) is 1. The molecule has 0 heterocycles. The molecule has 1 aromatic carbocycles. The summed E-state index contributed by atoms with van der Waals surface area (Å²) in [6.45, 7) is 5.01. The summed E-state index contributed by atoms with van der Waals surface area (Å²) in [5.74, 6) is 0.734. The van der Waals surface area contributed by atoms with Crippen LogP contribution in [-0.4, -0.2) is 16.8 Å². The maximum atomic E-state index is 9.68. The van der Waals surface area contributed by atoms with Crippen molar-refractivity contribution in [2.24, 2.45) is 5.92 Å². The van der Waals surface area contributed by atoms with E-state index in [1.807, 2.05) is 6.07 Å². The van der Waals surface area contributed by atoms with E-state index in [2.05, 4.69) is 13.8 Å². The molecule has 1 aromatic rings. The zero-order valence-electron chi connectivity index (χ0n) is 11.2. The number of benzene rings is 1. The Balaban J connectivity index is 2.47. The molecule has 2 nitrogen and oxygen atoms in total. The minimum Gasteiger partial charge on any atom is -0.507 e. The van der Waals surface area contributed by atoms with Crippen LogP contribution in [0.2, 0.25) is 0 Å². The molecule has 0 amide bonds. The molecule has 1 N–H and O–H groups in total. The SMILES string of the molecule is CCCCC(CC)COC(=S)c1ccccc1O. The number of hydrogen-bond donors (Lipinski definition) is 1. The topological polar surface area (TPSA) is 29.5 Å². The van der Waals surface area contributed by atoms with Crippen LogP contribution in [0.25, 0.3) is 0 Å². The van der Waals surface area contributed by atoms with Crippen molar-refractivity contribution < 1.29 is 9.84 Å². The van der Waals surface area contributed by atoms with Crippen LogP contribution in [0.4, 0.5) is 0 Å². The third-order valence-corrected chi connectivity index (χ3v) is 3.46. The second kappa shape index (κ2) is 8.09. The molecule has 100 valence electrons. The lowest BCUT2D eigenvalue weighted by molar-refractivity contribution is 0.228. The summed E-state index contributed by atoms with van der Waals surface area (Å²) in [6, 6.07) is 7.03. The van der Waals surface area contributed by atoms with Gasteiger partial charge in [-0.1, -0.05) is 45.2 Å². The summed E-state index contributed by atoms with van der Waals surface area (Å²) >= 11 is 5.20. The van der Waals surface area contributed by atoms with E-state index in [1.54, 1.807) is 18.2 Å². The molecule has 0 radical (unpaired) electrons. The third-order valence-electron chi connectivity index (χ3n) is 3.12. The molecule has 0 saturated heterocycles. The zero-order chi connectivity index (χ0) is 13.4. The van der Waals surface area contributed by atoms with Crippen LogP contribution in [0.1, 0.15) is 45.1 Å². The number of rotatable bonds is 7. The predicted molar refractivity (Wildman–Crippen MR) is 79.1 cm³/mol. The Labute approximate surface area is 115 Å². The van der Waals surface area contributed by atoms with Gasteiger partial charge in [-0.25, -0.2) is 0 Å². The highest BCUT2D eigenvalue weighted by atomic mass is 32.1. The summed E-state index contributed by atoms with van der Waals surface area (Å²) in [5, 5.41) is 10.1. The van der Waals surface area contributed by atoms with Crippen molar-refractivity contribution in [2.45, 2.75) is 39.5 Å². The van der Waals surface area contributed by atoms with Gasteiger partial charge in [-0.15, -0.1) is 0 Å². The smallest absolute Gasteiger partial charge is 0.194 e. The fourth-order valence-corrected chi connectivity index (χ4v) is 2.06. The molecule has 1 atom stereocenters. The first-order chi connectivity index (χ1) is 8.69. The molecule has 0 spiro atoms. The fourth-order valence-electron chi connectivity index (χ4n) is 1.82. The Morgan fingerprint density at radius 2 is 2.06 bits per heavy atom. The number of hydrogen-bond acceptors (Lipinski definition) is 3. The average molecular weight is 266 g/mol. The van der Waals surface area contributed by atoms with Gasteiger partial charge in [-0.3, -0.25) is 0 Å². The van der Waals surface area contributed by atoms with E-state index < -0.39 is 0 Å². The minimum absolute atomic E-state index is 0.184. The monoisotopic (exact) mass is 266 g/mol. The van der Waals surface area contributed by atoms with E-state index in [0.29, 0.717) is 23.1 Å². The first-order valence-corrected chi connectivity index (χ1v) is 7.05. The van der Waals surface area contributed by atoms with E-state index in [9.17, 15) is 5.11 Å². The standard InChI is InChI=1S/C15H22O2S/c1-3-5-8-12(4-2)11-17-15(18)13-9-6-7-10-14(13)16/h6-7,9-10,12,16H,3-5,8,11H2,1-2H3. The van der Waals surface area contributed by atoms with Gasteiger partial charge in [0.05, 0.1) is 12.2 Å². The van der Waals surface area contributed by atoms with Crippen LogP contribution >= 0.6 is 12.2 Å². The van der Waals surface area contributed by atoms with E-state index in [4.69, 9.17) is 17.0 Å². The van der Waals surface area contributed by atoms with Gasteiger partial charge < -0.3 is 9.84 Å². The lowest BCUT2D eigenvalue weighted by Crippen LogP contribution is -2.13. The van der Waals surface area contributed by atoms with Gasteiger partial charge in [0.1, 0.15) is 5.75 Å². The Morgan fingerprint density at radius 3 is 2.67 bits per heavy atom. The Morgan fingerprint density at radius 1 is 1.33 bits per heavy atom. The lowest BCUT2D eigenvalue weighted by Gasteiger charge is -2.16. The van der Waals surface area contributed by atoms with Crippen LogP contribution in [0.5, 0.6) is 5.75 Å². The number of phenols is 1. The molecular formula is C15H22O2S. The van der Waals surface area contributed by atoms with Gasteiger partial charge in [-0.2, -0.15) is 0 Å². The quantitative estimate of drug-likeness (QED) is 0.746. The van der Waals surface area contributed by atoms with Crippen molar-refractivity contribution in [2.75, 3.05) is 6.61 Å². The van der Waals surface area contributed by atoms with E-state index in [0.717, 1.165) is 6.42 Å². The maximum Gasteiger partial charge on any atom is 0.194 e. The van der Waals surface area contributed by atoms with Gasteiger partial charge in [0.2, 0.25) is 0 Å². The molecule has 3 heteroatoms. The fraction of sp³-hybridized carbons (Fsp3) is 0.533. The highest BCUT2D eigenvalue weighted by Crippen LogP contribution is 2.19. The molecule has 0 bridgehead atoms.